The molecule has 0 spiro atoms. The molecule has 2 N–H and O–H groups in total. The maximum atomic E-state index is 12.5. The molecule has 0 bridgehead atoms. The second kappa shape index (κ2) is 10.8. The molecule has 176 valence electrons. The molecule has 34 heavy (non-hydrogen) atoms. The highest BCUT2D eigenvalue weighted by atomic mass is 35.5. The fraction of sp³-hybridized carbons (Fsp3) is 0.192. The van der Waals surface area contributed by atoms with Crippen LogP contribution in [0.4, 0.5) is 5.69 Å². The average molecular weight is 497 g/mol. The van der Waals surface area contributed by atoms with Crippen LogP contribution in [0, 0.1) is 6.92 Å². The van der Waals surface area contributed by atoms with Gasteiger partial charge in [-0.25, -0.2) is 0 Å². The zero-order valence-electron chi connectivity index (χ0n) is 19.1. The highest BCUT2D eigenvalue weighted by molar-refractivity contribution is 8.05. The minimum absolute atomic E-state index is 0.118. The van der Waals surface area contributed by atoms with E-state index >= 15 is 0 Å². The van der Waals surface area contributed by atoms with Crippen LogP contribution in [0.15, 0.2) is 65.6 Å². The summed E-state index contributed by atoms with van der Waals surface area (Å²) in [7, 11) is 3.25. The third-order valence-corrected chi connectivity index (χ3v) is 6.54. The van der Waals surface area contributed by atoms with Crippen molar-refractivity contribution in [2.75, 3.05) is 19.5 Å². The van der Waals surface area contributed by atoms with Gasteiger partial charge in [0, 0.05) is 16.3 Å². The normalized spacial score (nSPS) is 16.3. The molecule has 8 heteroatoms. The van der Waals surface area contributed by atoms with Crippen LogP contribution in [-0.2, 0) is 11.4 Å². The predicted octanol–water partition coefficient (Wildman–Crippen LogP) is 5.84. The molecular formula is C26H25ClN2O4S. The van der Waals surface area contributed by atoms with E-state index in [1.165, 1.54) is 11.8 Å². The molecule has 0 radical (unpaired) electrons. The minimum Gasteiger partial charge on any atom is -0.497 e. The van der Waals surface area contributed by atoms with Crippen LogP contribution >= 0.6 is 23.4 Å². The van der Waals surface area contributed by atoms with Gasteiger partial charge in [-0.1, -0.05) is 41.6 Å². The van der Waals surface area contributed by atoms with Gasteiger partial charge in [0.05, 0.1) is 19.1 Å². The number of aryl methyl sites for hydroxylation is 1. The lowest BCUT2D eigenvalue weighted by atomic mass is 10.2. The van der Waals surface area contributed by atoms with E-state index in [1.54, 1.807) is 14.2 Å². The summed E-state index contributed by atoms with van der Waals surface area (Å²) in [4.78, 5) is 13.1. The van der Waals surface area contributed by atoms with E-state index < -0.39 is 0 Å². The Hall–Kier alpha value is -3.29. The van der Waals surface area contributed by atoms with Crippen LogP contribution in [0.1, 0.15) is 16.7 Å². The lowest BCUT2D eigenvalue weighted by Gasteiger charge is -2.15. The zero-order chi connectivity index (χ0) is 24.1. The number of carbonyl (C=O) groups is 1. The lowest BCUT2D eigenvalue weighted by molar-refractivity contribution is -0.116. The van der Waals surface area contributed by atoms with Crippen molar-refractivity contribution in [1.82, 2.24) is 5.32 Å². The summed E-state index contributed by atoms with van der Waals surface area (Å²) in [5.74, 6) is 2.08. The first-order valence-electron chi connectivity index (χ1n) is 10.6. The zero-order valence-corrected chi connectivity index (χ0v) is 20.6. The molecule has 1 atom stereocenters. The van der Waals surface area contributed by atoms with Crippen molar-refractivity contribution in [3.8, 4) is 17.2 Å². The van der Waals surface area contributed by atoms with Crippen molar-refractivity contribution >= 4 is 41.0 Å². The second-order valence-electron chi connectivity index (χ2n) is 7.62. The largest absolute Gasteiger partial charge is 0.497 e. The molecule has 4 rings (SSSR count). The number of anilines is 1. The average Bonchev–Trinajstić information content (AvgIpc) is 3.19. The third-order valence-electron chi connectivity index (χ3n) is 5.28. The summed E-state index contributed by atoms with van der Waals surface area (Å²) >= 11 is 7.53. The van der Waals surface area contributed by atoms with Crippen molar-refractivity contribution in [1.29, 1.82) is 0 Å². The van der Waals surface area contributed by atoms with Gasteiger partial charge >= 0.3 is 0 Å². The molecule has 0 aliphatic carbocycles. The molecule has 3 aromatic carbocycles. The lowest BCUT2D eigenvalue weighted by Crippen LogP contribution is -2.31. The molecule has 1 saturated heterocycles. The first-order chi connectivity index (χ1) is 16.4. The first-order valence-corrected chi connectivity index (χ1v) is 11.9. The number of thioether (sulfide) groups is 1. The number of amides is 1. The monoisotopic (exact) mass is 496 g/mol. The molecule has 0 aromatic heterocycles. The quantitative estimate of drug-likeness (QED) is 0.381. The number of rotatable bonds is 8. The third kappa shape index (κ3) is 5.79. The Balaban J connectivity index is 1.39. The summed E-state index contributed by atoms with van der Waals surface area (Å²) in [5, 5.41) is 6.91. The van der Waals surface area contributed by atoms with E-state index in [9.17, 15) is 4.79 Å². The number of ether oxygens (including phenoxy) is 3. The molecule has 1 fully saturated rings. The van der Waals surface area contributed by atoms with Crippen LogP contribution < -0.4 is 24.8 Å². The van der Waals surface area contributed by atoms with Crippen molar-refractivity contribution in [3.63, 3.8) is 0 Å². The van der Waals surface area contributed by atoms with Gasteiger partial charge in [-0.2, -0.15) is 0 Å². The van der Waals surface area contributed by atoms with Gasteiger partial charge in [0.25, 0.3) is 5.91 Å². The van der Waals surface area contributed by atoms with Gasteiger partial charge in [-0.05, 0) is 66.6 Å². The number of methoxy groups -OCH3 is 2. The molecule has 0 saturated carbocycles. The SMILES string of the molecule is COc1ccc(OC)c(COc2ccc(/C=C3\SC(Nc4cc(Cl)ccc4C)NC3=O)cc2)c1. The van der Waals surface area contributed by atoms with Gasteiger partial charge in [0.2, 0.25) is 0 Å². The number of benzene rings is 3. The number of hydrogen-bond donors (Lipinski definition) is 2. The fourth-order valence-electron chi connectivity index (χ4n) is 3.42. The Morgan fingerprint density at radius 3 is 2.53 bits per heavy atom. The standard InChI is InChI=1S/C26H25ClN2O4S/c1-16-4-7-19(27)14-22(16)28-26-29-25(30)24(34-26)12-17-5-8-20(9-6-17)33-15-18-13-21(31-2)10-11-23(18)32-3/h4-14,26,28H,15H2,1-3H3,(H,29,30)/b24-12-. The van der Waals surface area contributed by atoms with E-state index in [0.717, 1.165) is 33.9 Å². The number of nitrogens with one attached hydrogen (secondary N) is 2. The van der Waals surface area contributed by atoms with E-state index in [4.69, 9.17) is 25.8 Å². The Bertz CT molecular complexity index is 1210. The molecule has 1 aliphatic rings. The molecule has 1 unspecified atom stereocenters. The van der Waals surface area contributed by atoms with Crippen molar-refractivity contribution in [2.45, 2.75) is 19.0 Å². The summed E-state index contributed by atoms with van der Waals surface area (Å²) in [6.45, 7) is 2.33. The van der Waals surface area contributed by atoms with Crippen LogP contribution in [0.3, 0.4) is 0 Å². The second-order valence-corrected chi connectivity index (χ2v) is 9.20. The Morgan fingerprint density at radius 2 is 1.79 bits per heavy atom. The van der Waals surface area contributed by atoms with Crippen LogP contribution in [0.2, 0.25) is 5.02 Å². The van der Waals surface area contributed by atoms with Gasteiger partial charge in [-0.3, -0.25) is 4.79 Å². The Morgan fingerprint density at radius 1 is 1.03 bits per heavy atom. The van der Waals surface area contributed by atoms with Crippen molar-refractivity contribution < 1.29 is 19.0 Å². The van der Waals surface area contributed by atoms with Crippen molar-refractivity contribution in [2.24, 2.45) is 0 Å². The number of halogens is 1. The number of carbonyl (C=O) groups excluding carboxylic acids is 1. The van der Waals surface area contributed by atoms with Gasteiger partial charge in [0.1, 0.15) is 23.9 Å². The van der Waals surface area contributed by atoms with E-state index in [1.807, 2.05) is 73.7 Å². The maximum Gasteiger partial charge on any atom is 0.260 e. The first kappa shape index (κ1) is 23.9. The van der Waals surface area contributed by atoms with E-state index in [2.05, 4.69) is 10.6 Å². The predicted molar refractivity (Wildman–Crippen MR) is 138 cm³/mol. The maximum absolute atomic E-state index is 12.5. The highest BCUT2D eigenvalue weighted by Crippen LogP contribution is 2.32. The molecule has 1 aliphatic heterocycles. The van der Waals surface area contributed by atoms with E-state index in [-0.39, 0.29) is 11.4 Å². The molecule has 6 nitrogen and oxygen atoms in total. The van der Waals surface area contributed by atoms with Crippen LogP contribution in [0.5, 0.6) is 17.2 Å². The summed E-state index contributed by atoms with van der Waals surface area (Å²) < 4.78 is 16.6. The summed E-state index contributed by atoms with van der Waals surface area (Å²) in [6.07, 6.45) is 1.86. The van der Waals surface area contributed by atoms with Gasteiger partial charge in [0.15, 0.2) is 5.50 Å². The smallest absolute Gasteiger partial charge is 0.260 e. The molecule has 1 amide bonds. The highest BCUT2D eigenvalue weighted by Gasteiger charge is 2.27. The molecular weight excluding hydrogens is 472 g/mol. The molecule has 1 heterocycles. The minimum atomic E-state index is -0.267. The van der Waals surface area contributed by atoms with Crippen LogP contribution in [-0.4, -0.2) is 25.6 Å². The topological polar surface area (TPSA) is 68.8 Å². The van der Waals surface area contributed by atoms with Crippen LogP contribution in [0.25, 0.3) is 6.08 Å². The summed E-state index contributed by atoms with van der Waals surface area (Å²) in [6, 6.07) is 18.8. The Labute approximate surface area is 208 Å². The fourth-order valence-corrected chi connectivity index (χ4v) is 4.57. The van der Waals surface area contributed by atoms with Gasteiger partial charge in [-0.15, -0.1) is 0 Å². The summed E-state index contributed by atoms with van der Waals surface area (Å²) in [5.41, 5.74) is 3.47. The van der Waals surface area contributed by atoms with Gasteiger partial charge < -0.3 is 24.8 Å². The van der Waals surface area contributed by atoms with E-state index in [0.29, 0.717) is 22.3 Å². The van der Waals surface area contributed by atoms with Crippen molar-refractivity contribution in [3.05, 3.63) is 87.3 Å². The Kier molecular flexibility index (Phi) is 7.55. The molecule has 3 aromatic rings. The number of hydrogen-bond acceptors (Lipinski definition) is 6.